The summed E-state index contributed by atoms with van der Waals surface area (Å²) in [5, 5.41) is 6.28. The normalized spacial score (nSPS) is 22.1. The number of nitrogens with two attached hydrogens (primary N) is 1. The second-order valence-corrected chi connectivity index (χ2v) is 7.50. The van der Waals surface area contributed by atoms with Crippen LogP contribution in [0.15, 0.2) is 24.3 Å². The van der Waals surface area contributed by atoms with Gasteiger partial charge in [-0.25, -0.2) is 0 Å². The number of likely N-dealkylation sites (tertiary alicyclic amines) is 1. The molecule has 4 N–H and O–H groups in total. The number of hydrogen-bond donors (Lipinski definition) is 3. The third-order valence-electron chi connectivity index (χ3n) is 5.23. The highest BCUT2D eigenvalue weighted by Gasteiger charge is 2.23. The van der Waals surface area contributed by atoms with Crippen molar-refractivity contribution in [2.75, 3.05) is 32.8 Å². The van der Waals surface area contributed by atoms with Crippen LogP contribution in [-0.4, -0.2) is 55.6 Å². The van der Waals surface area contributed by atoms with Gasteiger partial charge in [0, 0.05) is 38.6 Å². The van der Waals surface area contributed by atoms with Crippen LogP contribution in [0, 0.1) is 5.92 Å². The molecule has 1 aromatic rings. The molecule has 0 bridgehead atoms. The molecule has 164 valence electrons. The van der Waals surface area contributed by atoms with Crippen LogP contribution in [0.1, 0.15) is 30.4 Å². The van der Waals surface area contributed by atoms with Crippen LogP contribution in [0.3, 0.4) is 0 Å². The number of benzene rings is 1. The van der Waals surface area contributed by atoms with Gasteiger partial charge >= 0.3 is 0 Å². The van der Waals surface area contributed by atoms with Crippen LogP contribution < -0.4 is 16.4 Å². The summed E-state index contributed by atoms with van der Waals surface area (Å²) in [7, 11) is 0. The Hall–Kier alpha value is -1.38. The van der Waals surface area contributed by atoms with E-state index in [0.29, 0.717) is 26.2 Å². The molecular weight excluding hydrogens is 415 g/mol. The van der Waals surface area contributed by atoms with E-state index in [1.165, 1.54) is 5.56 Å². The number of rotatable bonds is 7. The lowest BCUT2D eigenvalue weighted by Gasteiger charge is -2.31. The quantitative estimate of drug-likeness (QED) is 0.584. The Morgan fingerprint density at radius 3 is 2.79 bits per heavy atom. The Kier molecular flexibility index (Phi) is 11.5. The lowest BCUT2D eigenvalue weighted by atomic mass is 9.97. The molecule has 2 unspecified atom stereocenters. The average Bonchev–Trinajstić information content (AvgIpc) is 2.68. The summed E-state index contributed by atoms with van der Waals surface area (Å²) in [5.74, 6) is -0.212. The summed E-state index contributed by atoms with van der Waals surface area (Å²) < 4.78 is 5.38. The van der Waals surface area contributed by atoms with Crippen molar-refractivity contribution < 1.29 is 14.3 Å². The number of ether oxygens (including phenoxy) is 1. The molecule has 2 fully saturated rings. The van der Waals surface area contributed by atoms with Crippen molar-refractivity contribution in [3.63, 3.8) is 0 Å². The molecule has 1 aromatic carbocycles. The molecule has 3 rings (SSSR count). The summed E-state index contributed by atoms with van der Waals surface area (Å²) in [6, 6.07) is 8.35. The number of nitrogens with zero attached hydrogens (tertiary/aromatic N) is 1. The van der Waals surface area contributed by atoms with E-state index < -0.39 is 0 Å². The molecule has 2 amide bonds. The van der Waals surface area contributed by atoms with Crippen molar-refractivity contribution in [2.45, 2.75) is 38.4 Å². The first-order chi connectivity index (χ1) is 13.1. The summed E-state index contributed by atoms with van der Waals surface area (Å²) >= 11 is 0. The number of piperidine rings is 1. The molecule has 0 spiro atoms. The fourth-order valence-corrected chi connectivity index (χ4v) is 3.77. The number of carbonyl (C=O) groups excluding carboxylic acids is 2. The van der Waals surface area contributed by atoms with Gasteiger partial charge in [-0.3, -0.25) is 14.5 Å². The van der Waals surface area contributed by atoms with Gasteiger partial charge in [-0.1, -0.05) is 24.3 Å². The second-order valence-electron chi connectivity index (χ2n) is 7.50. The highest BCUT2D eigenvalue weighted by Crippen LogP contribution is 2.18. The topological polar surface area (TPSA) is 96.7 Å². The van der Waals surface area contributed by atoms with Crippen LogP contribution in [0.4, 0.5) is 0 Å². The largest absolute Gasteiger partial charge is 0.378 e. The first-order valence-electron chi connectivity index (χ1n) is 9.77. The molecule has 2 aliphatic heterocycles. The van der Waals surface area contributed by atoms with E-state index in [-0.39, 0.29) is 48.6 Å². The van der Waals surface area contributed by atoms with Crippen LogP contribution >= 0.6 is 24.8 Å². The van der Waals surface area contributed by atoms with E-state index >= 15 is 0 Å². The maximum atomic E-state index is 12.1. The predicted molar refractivity (Wildman–Crippen MR) is 117 cm³/mol. The van der Waals surface area contributed by atoms with Gasteiger partial charge in [-0.15, -0.1) is 24.8 Å². The molecule has 2 heterocycles. The SMILES string of the molecule is Cl.Cl.NC(=O)C1CCCN(Cc2cccc(CNC(=O)CC3COCCN3)c2)C1. The minimum atomic E-state index is -0.200. The van der Waals surface area contributed by atoms with Gasteiger partial charge in [-0.05, 0) is 30.5 Å². The minimum absolute atomic E-state index is 0. The van der Waals surface area contributed by atoms with Crippen molar-refractivity contribution in [3.8, 4) is 0 Å². The third kappa shape index (κ3) is 8.48. The number of nitrogens with one attached hydrogen (secondary N) is 2. The smallest absolute Gasteiger partial charge is 0.221 e. The summed E-state index contributed by atoms with van der Waals surface area (Å²) in [5.41, 5.74) is 7.73. The van der Waals surface area contributed by atoms with Gasteiger partial charge in [0.25, 0.3) is 0 Å². The number of carbonyl (C=O) groups is 2. The molecule has 2 atom stereocenters. The predicted octanol–water partition coefficient (Wildman–Crippen LogP) is 1.22. The zero-order valence-electron chi connectivity index (χ0n) is 16.6. The van der Waals surface area contributed by atoms with Crippen molar-refractivity contribution in [2.24, 2.45) is 11.7 Å². The average molecular weight is 447 g/mol. The molecule has 2 saturated heterocycles. The van der Waals surface area contributed by atoms with E-state index in [4.69, 9.17) is 10.5 Å². The third-order valence-corrected chi connectivity index (χ3v) is 5.23. The van der Waals surface area contributed by atoms with Gasteiger partial charge in [0.05, 0.1) is 19.1 Å². The number of morpholine rings is 1. The maximum Gasteiger partial charge on any atom is 0.221 e. The van der Waals surface area contributed by atoms with Crippen molar-refractivity contribution in [3.05, 3.63) is 35.4 Å². The summed E-state index contributed by atoms with van der Waals surface area (Å²) in [4.78, 5) is 25.9. The van der Waals surface area contributed by atoms with Crippen molar-refractivity contribution in [1.29, 1.82) is 0 Å². The van der Waals surface area contributed by atoms with Crippen molar-refractivity contribution >= 4 is 36.6 Å². The van der Waals surface area contributed by atoms with Crippen molar-refractivity contribution in [1.82, 2.24) is 15.5 Å². The lowest BCUT2D eigenvalue weighted by molar-refractivity contribution is -0.123. The number of amides is 2. The molecule has 0 saturated carbocycles. The van der Waals surface area contributed by atoms with Gasteiger partial charge < -0.3 is 21.1 Å². The zero-order valence-corrected chi connectivity index (χ0v) is 18.2. The molecule has 2 aliphatic rings. The van der Waals surface area contributed by atoms with Gasteiger partial charge in [0.15, 0.2) is 0 Å². The van der Waals surface area contributed by atoms with E-state index in [1.54, 1.807) is 0 Å². The van der Waals surface area contributed by atoms with E-state index in [1.807, 2.05) is 12.1 Å². The standard InChI is InChI=1S/C20H30N4O3.2ClH/c21-20(26)17-5-2-7-24(13-17)12-16-4-1-3-15(9-16)11-23-19(25)10-18-14-27-8-6-22-18;;/h1,3-4,9,17-18,22H,2,5-8,10-14H2,(H2,21,26)(H,23,25);2*1H. The Morgan fingerprint density at radius 2 is 2.07 bits per heavy atom. The molecule has 0 aliphatic carbocycles. The van der Waals surface area contributed by atoms with Crippen LogP contribution in [0.25, 0.3) is 0 Å². The Balaban J connectivity index is 0.00000210. The highest BCUT2D eigenvalue weighted by molar-refractivity contribution is 5.85. The van der Waals surface area contributed by atoms with Crippen LogP contribution in [-0.2, 0) is 27.4 Å². The Labute approximate surface area is 184 Å². The molecular formula is C20H32Cl2N4O3. The van der Waals surface area contributed by atoms with Gasteiger partial charge in [0.1, 0.15) is 0 Å². The fraction of sp³-hybridized carbons (Fsp3) is 0.600. The van der Waals surface area contributed by atoms with Crippen LogP contribution in [0.2, 0.25) is 0 Å². The first kappa shape index (κ1) is 25.7. The molecule has 29 heavy (non-hydrogen) atoms. The first-order valence-corrected chi connectivity index (χ1v) is 9.77. The van der Waals surface area contributed by atoms with Crippen LogP contribution in [0.5, 0.6) is 0 Å². The second kappa shape index (κ2) is 13.0. The zero-order chi connectivity index (χ0) is 19.1. The summed E-state index contributed by atoms with van der Waals surface area (Å²) in [6.45, 7) is 5.13. The number of primary amides is 1. The van der Waals surface area contributed by atoms with Gasteiger partial charge in [0.2, 0.25) is 11.8 Å². The highest BCUT2D eigenvalue weighted by atomic mass is 35.5. The Bertz CT molecular complexity index is 656. The number of hydrogen-bond acceptors (Lipinski definition) is 5. The van der Waals surface area contributed by atoms with E-state index in [9.17, 15) is 9.59 Å². The van der Waals surface area contributed by atoms with E-state index in [0.717, 1.165) is 44.6 Å². The minimum Gasteiger partial charge on any atom is -0.378 e. The number of halogens is 2. The van der Waals surface area contributed by atoms with E-state index in [2.05, 4.69) is 27.7 Å². The maximum absolute atomic E-state index is 12.1. The molecule has 0 aromatic heterocycles. The monoisotopic (exact) mass is 446 g/mol. The van der Waals surface area contributed by atoms with Gasteiger partial charge in [-0.2, -0.15) is 0 Å². The molecule has 0 radical (unpaired) electrons. The molecule has 7 nitrogen and oxygen atoms in total. The fourth-order valence-electron chi connectivity index (χ4n) is 3.77. The summed E-state index contributed by atoms with van der Waals surface area (Å²) in [6.07, 6.45) is 2.32. The Morgan fingerprint density at radius 1 is 1.28 bits per heavy atom. The molecule has 9 heteroatoms. The lowest BCUT2D eigenvalue weighted by Crippen LogP contribution is -2.44.